The quantitative estimate of drug-likeness (QED) is 0.759. The van der Waals surface area contributed by atoms with Gasteiger partial charge in [0.15, 0.2) is 5.82 Å². The fraction of sp³-hybridized carbons (Fsp3) is 0.778. The van der Waals surface area contributed by atoms with Crippen LogP contribution in [-0.2, 0) is 18.4 Å². The normalized spacial score (nSPS) is 12.1. The van der Waals surface area contributed by atoms with Crippen molar-refractivity contribution in [3.8, 4) is 0 Å². The molecule has 0 saturated carbocycles. The smallest absolute Gasteiger partial charge is 0.158 e. The Morgan fingerprint density at radius 2 is 2.07 bits per heavy atom. The first-order chi connectivity index (χ1) is 6.40. The van der Waals surface area contributed by atoms with Gasteiger partial charge in [0.05, 0.1) is 6.61 Å². The maximum absolute atomic E-state index is 5.78. The molecular weight excluding hydrogens is 180 g/mol. The summed E-state index contributed by atoms with van der Waals surface area (Å²) in [5.41, 5.74) is 5.48. The standard InChI is InChI=1S/C9H18N4O/c1-7-11-12-8(13(7)4)5-14-6-9(2,3)10/h5-6,10H2,1-4H3. The van der Waals surface area contributed by atoms with E-state index in [1.54, 1.807) is 0 Å². The molecule has 0 aliphatic carbocycles. The summed E-state index contributed by atoms with van der Waals surface area (Å²) in [5, 5.41) is 7.91. The third-order valence-corrected chi connectivity index (χ3v) is 1.89. The van der Waals surface area contributed by atoms with Crippen molar-refractivity contribution in [3.05, 3.63) is 11.6 Å². The number of rotatable bonds is 4. The van der Waals surface area contributed by atoms with Gasteiger partial charge in [-0.05, 0) is 20.8 Å². The second-order valence-electron chi connectivity index (χ2n) is 4.20. The number of hydrogen-bond acceptors (Lipinski definition) is 4. The molecule has 1 heterocycles. The van der Waals surface area contributed by atoms with Gasteiger partial charge in [0.1, 0.15) is 12.4 Å². The minimum absolute atomic E-state index is 0.298. The first-order valence-corrected chi connectivity index (χ1v) is 4.61. The molecule has 0 amide bonds. The van der Waals surface area contributed by atoms with E-state index in [0.29, 0.717) is 13.2 Å². The van der Waals surface area contributed by atoms with E-state index in [9.17, 15) is 0 Å². The van der Waals surface area contributed by atoms with Crippen molar-refractivity contribution in [1.29, 1.82) is 0 Å². The average molecular weight is 198 g/mol. The summed E-state index contributed by atoms with van der Waals surface area (Å²) in [7, 11) is 1.92. The number of aryl methyl sites for hydroxylation is 1. The number of hydrogen-bond donors (Lipinski definition) is 1. The second kappa shape index (κ2) is 4.06. The molecule has 1 aromatic rings. The molecule has 0 spiro atoms. The predicted octanol–water partition coefficient (Wildman–Crippen LogP) is 0.377. The Bertz CT molecular complexity index is 300. The summed E-state index contributed by atoms with van der Waals surface area (Å²) in [6.07, 6.45) is 0. The van der Waals surface area contributed by atoms with Crippen LogP contribution in [-0.4, -0.2) is 26.9 Å². The zero-order chi connectivity index (χ0) is 10.8. The van der Waals surface area contributed by atoms with Gasteiger partial charge >= 0.3 is 0 Å². The Morgan fingerprint density at radius 3 is 2.50 bits per heavy atom. The molecule has 0 bridgehead atoms. The van der Waals surface area contributed by atoms with E-state index in [0.717, 1.165) is 11.6 Å². The van der Waals surface area contributed by atoms with Gasteiger partial charge in [-0.2, -0.15) is 0 Å². The average Bonchev–Trinajstić information content (AvgIpc) is 2.33. The van der Waals surface area contributed by atoms with Crippen LogP contribution in [0.5, 0.6) is 0 Å². The van der Waals surface area contributed by atoms with Crippen LogP contribution in [0.15, 0.2) is 0 Å². The van der Waals surface area contributed by atoms with Crippen LogP contribution in [0, 0.1) is 6.92 Å². The molecule has 0 aliphatic rings. The predicted molar refractivity (Wildman–Crippen MR) is 53.7 cm³/mol. The van der Waals surface area contributed by atoms with E-state index in [4.69, 9.17) is 10.5 Å². The molecule has 1 rings (SSSR count). The van der Waals surface area contributed by atoms with E-state index in [1.807, 2.05) is 32.4 Å². The molecule has 5 heteroatoms. The molecule has 0 aromatic carbocycles. The van der Waals surface area contributed by atoms with Crippen LogP contribution in [0.3, 0.4) is 0 Å². The molecule has 80 valence electrons. The molecule has 0 atom stereocenters. The molecule has 1 aromatic heterocycles. The van der Waals surface area contributed by atoms with Crippen molar-refractivity contribution in [1.82, 2.24) is 14.8 Å². The van der Waals surface area contributed by atoms with Gasteiger partial charge in [0, 0.05) is 12.6 Å². The third-order valence-electron chi connectivity index (χ3n) is 1.89. The molecular formula is C9H18N4O. The highest BCUT2D eigenvalue weighted by Gasteiger charge is 2.11. The summed E-state index contributed by atoms with van der Waals surface area (Å²) in [5.74, 6) is 1.71. The molecule has 0 unspecified atom stereocenters. The van der Waals surface area contributed by atoms with Gasteiger partial charge in [-0.15, -0.1) is 10.2 Å². The molecule has 14 heavy (non-hydrogen) atoms. The van der Waals surface area contributed by atoms with Crippen molar-refractivity contribution >= 4 is 0 Å². The monoisotopic (exact) mass is 198 g/mol. The highest BCUT2D eigenvalue weighted by Crippen LogP contribution is 2.02. The first kappa shape index (κ1) is 11.1. The third kappa shape index (κ3) is 3.08. The summed E-state index contributed by atoms with van der Waals surface area (Å²) < 4.78 is 7.34. The Morgan fingerprint density at radius 1 is 1.43 bits per heavy atom. The van der Waals surface area contributed by atoms with Crippen LogP contribution < -0.4 is 5.73 Å². The lowest BCUT2D eigenvalue weighted by Gasteiger charge is -2.17. The van der Waals surface area contributed by atoms with Crippen molar-refractivity contribution in [2.75, 3.05) is 6.61 Å². The van der Waals surface area contributed by atoms with E-state index >= 15 is 0 Å². The van der Waals surface area contributed by atoms with Gasteiger partial charge in [0.2, 0.25) is 0 Å². The largest absolute Gasteiger partial charge is 0.372 e. The molecule has 0 fully saturated rings. The van der Waals surface area contributed by atoms with Crippen LogP contribution >= 0.6 is 0 Å². The van der Waals surface area contributed by atoms with Crippen molar-refractivity contribution in [2.45, 2.75) is 32.9 Å². The van der Waals surface area contributed by atoms with Crippen LogP contribution in [0.1, 0.15) is 25.5 Å². The van der Waals surface area contributed by atoms with Crippen LogP contribution in [0.4, 0.5) is 0 Å². The van der Waals surface area contributed by atoms with Crippen LogP contribution in [0.25, 0.3) is 0 Å². The van der Waals surface area contributed by atoms with Gasteiger partial charge in [-0.1, -0.05) is 0 Å². The summed E-state index contributed by atoms with van der Waals surface area (Å²) in [6, 6.07) is 0. The lowest BCUT2D eigenvalue weighted by Crippen LogP contribution is -2.37. The van der Waals surface area contributed by atoms with Gasteiger partial charge in [-0.3, -0.25) is 0 Å². The topological polar surface area (TPSA) is 66.0 Å². The molecule has 0 saturated heterocycles. The zero-order valence-corrected chi connectivity index (χ0v) is 9.24. The number of ether oxygens (including phenoxy) is 1. The van der Waals surface area contributed by atoms with Gasteiger partial charge < -0.3 is 15.0 Å². The van der Waals surface area contributed by atoms with E-state index < -0.39 is 0 Å². The summed E-state index contributed by atoms with van der Waals surface area (Å²) >= 11 is 0. The Balaban J connectivity index is 2.43. The van der Waals surface area contributed by atoms with Gasteiger partial charge in [0.25, 0.3) is 0 Å². The lowest BCUT2D eigenvalue weighted by atomic mass is 10.1. The van der Waals surface area contributed by atoms with Crippen molar-refractivity contribution < 1.29 is 4.74 Å². The highest BCUT2D eigenvalue weighted by molar-refractivity contribution is 4.90. The number of aromatic nitrogens is 3. The van der Waals surface area contributed by atoms with Gasteiger partial charge in [-0.25, -0.2) is 0 Å². The summed E-state index contributed by atoms with van der Waals surface area (Å²) in [6.45, 7) is 6.73. The second-order valence-corrected chi connectivity index (χ2v) is 4.20. The molecule has 2 N–H and O–H groups in total. The summed E-state index contributed by atoms with van der Waals surface area (Å²) in [4.78, 5) is 0. The van der Waals surface area contributed by atoms with Crippen LogP contribution in [0.2, 0.25) is 0 Å². The fourth-order valence-corrected chi connectivity index (χ4v) is 0.982. The molecule has 0 aliphatic heterocycles. The minimum Gasteiger partial charge on any atom is -0.372 e. The highest BCUT2D eigenvalue weighted by atomic mass is 16.5. The maximum atomic E-state index is 5.78. The Hall–Kier alpha value is -0.940. The van der Waals surface area contributed by atoms with E-state index in [2.05, 4.69) is 10.2 Å². The SMILES string of the molecule is Cc1nnc(COCC(C)(C)N)n1C. The fourth-order valence-electron chi connectivity index (χ4n) is 0.982. The molecule has 0 radical (unpaired) electrons. The minimum atomic E-state index is -0.298. The Kier molecular flexibility index (Phi) is 3.23. The van der Waals surface area contributed by atoms with Crippen molar-refractivity contribution in [2.24, 2.45) is 12.8 Å². The molecule has 5 nitrogen and oxygen atoms in total. The number of nitrogens with two attached hydrogens (primary N) is 1. The number of nitrogens with zero attached hydrogens (tertiary/aromatic N) is 3. The van der Waals surface area contributed by atoms with E-state index in [1.165, 1.54) is 0 Å². The van der Waals surface area contributed by atoms with Crippen molar-refractivity contribution in [3.63, 3.8) is 0 Å². The van der Waals surface area contributed by atoms with E-state index in [-0.39, 0.29) is 5.54 Å². The Labute approximate surface area is 84.3 Å². The zero-order valence-electron chi connectivity index (χ0n) is 9.24. The first-order valence-electron chi connectivity index (χ1n) is 4.61. The lowest BCUT2D eigenvalue weighted by molar-refractivity contribution is 0.0791. The maximum Gasteiger partial charge on any atom is 0.158 e.